The van der Waals surface area contributed by atoms with Gasteiger partial charge >= 0.3 is 15.3 Å². The van der Waals surface area contributed by atoms with Crippen molar-refractivity contribution in [2.45, 2.75) is 51.9 Å². The standard InChI is InChI=1S/C12H28Cl4N4O3P2/c1-9(5-13)17-24(21,18-10(2)6-14)23-25(22,19-11(3)7-15)20-12(4)8-16/h9-12H,5-8H2,1-4H3,(H2,17,18,21)(H2,19,20,22). The third kappa shape index (κ3) is 11.1. The van der Waals surface area contributed by atoms with Crippen LogP contribution in [0.5, 0.6) is 0 Å². The van der Waals surface area contributed by atoms with E-state index in [-0.39, 0.29) is 47.7 Å². The predicted molar refractivity (Wildman–Crippen MR) is 110 cm³/mol. The van der Waals surface area contributed by atoms with Gasteiger partial charge in [-0.15, -0.1) is 46.4 Å². The Kier molecular flexibility index (Phi) is 13.5. The van der Waals surface area contributed by atoms with Gasteiger partial charge in [-0.3, -0.25) is 9.13 Å². The van der Waals surface area contributed by atoms with Gasteiger partial charge in [-0.2, -0.15) is 0 Å². The minimum Gasteiger partial charge on any atom is -0.256 e. The lowest BCUT2D eigenvalue weighted by atomic mass is 10.4. The zero-order chi connectivity index (χ0) is 19.7. The molecule has 152 valence electrons. The second kappa shape index (κ2) is 12.8. The van der Waals surface area contributed by atoms with E-state index in [9.17, 15) is 9.13 Å². The highest BCUT2D eigenvalue weighted by Gasteiger charge is 2.38. The van der Waals surface area contributed by atoms with E-state index in [0.29, 0.717) is 0 Å². The first-order chi connectivity index (χ1) is 11.5. The van der Waals surface area contributed by atoms with Crippen LogP contribution in [-0.4, -0.2) is 47.7 Å². The number of hydrogen-bond donors (Lipinski definition) is 4. The summed E-state index contributed by atoms with van der Waals surface area (Å²) >= 11 is 23.1. The molecule has 25 heavy (non-hydrogen) atoms. The Morgan fingerprint density at radius 1 is 0.640 bits per heavy atom. The van der Waals surface area contributed by atoms with Crippen LogP contribution in [0, 0.1) is 0 Å². The van der Waals surface area contributed by atoms with E-state index in [0.717, 1.165) is 0 Å². The summed E-state index contributed by atoms with van der Waals surface area (Å²) in [5, 5.41) is 11.0. The van der Waals surface area contributed by atoms with E-state index in [4.69, 9.17) is 50.7 Å². The first-order valence-electron chi connectivity index (χ1n) is 7.79. The summed E-state index contributed by atoms with van der Waals surface area (Å²) in [4.78, 5) is 0. The van der Waals surface area contributed by atoms with Crippen molar-refractivity contribution < 1.29 is 13.4 Å². The van der Waals surface area contributed by atoms with Crippen molar-refractivity contribution in [3.8, 4) is 0 Å². The molecule has 0 rings (SSSR count). The molecule has 13 heteroatoms. The van der Waals surface area contributed by atoms with Gasteiger partial charge in [0.1, 0.15) is 0 Å². The molecule has 0 aromatic heterocycles. The van der Waals surface area contributed by atoms with Crippen LogP contribution in [0.25, 0.3) is 0 Å². The van der Waals surface area contributed by atoms with Crippen LogP contribution in [0.15, 0.2) is 0 Å². The second-order valence-corrected chi connectivity index (χ2v) is 11.0. The van der Waals surface area contributed by atoms with E-state index in [1.54, 1.807) is 27.7 Å². The quantitative estimate of drug-likeness (QED) is 0.220. The Morgan fingerprint density at radius 2 is 0.840 bits per heavy atom. The molecular formula is C12H28Cl4N4O3P2. The highest BCUT2D eigenvalue weighted by molar-refractivity contribution is 7.68. The van der Waals surface area contributed by atoms with Gasteiger partial charge in [0.2, 0.25) is 0 Å². The average Bonchev–Trinajstić information content (AvgIpc) is 2.52. The van der Waals surface area contributed by atoms with E-state index < -0.39 is 15.3 Å². The van der Waals surface area contributed by atoms with Crippen molar-refractivity contribution in [3.05, 3.63) is 0 Å². The van der Waals surface area contributed by atoms with Crippen LogP contribution in [-0.2, 0) is 13.4 Å². The fourth-order valence-electron chi connectivity index (χ4n) is 1.63. The van der Waals surface area contributed by atoms with E-state index in [1.807, 2.05) is 0 Å². The summed E-state index contributed by atoms with van der Waals surface area (Å²) in [6.07, 6.45) is 0. The van der Waals surface area contributed by atoms with Crippen molar-refractivity contribution in [2.24, 2.45) is 0 Å². The molecule has 0 fully saturated rings. The average molecular weight is 480 g/mol. The molecule has 0 radical (unpaired) electrons. The minimum atomic E-state index is -3.76. The van der Waals surface area contributed by atoms with Gasteiger partial charge < -0.3 is 0 Å². The Labute approximate surface area is 170 Å². The van der Waals surface area contributed by atoms with Gasteiger partial charge in [0.25, 0.3) is 0 Å². The van der Waals surface area contributed by atoms with Gasteiger partial charge in [0, 0.05) is 47.7 Å². The highest BCUT2D eigenvalue weighted by atomic mass is 35.5. The molecule has 0 aromatic carbocycles. The maximum Gasteiger partial charge on any atom is 0.348 e. The molecule has 0 aliphatic carbocycles. The Balaban J connectivity index is 5.54. The Bertz CT molecular complexity index is 406. The topological polar surface area (TPSA) is 91.5 Å². The molecule has 4 unspecified atom stereocenters. The maximum atomic E-state index is 13.2. The number of alkyl halides is 4. The van der Waals surface area contributed by atoms with Gasteiger partial charge in [0.15, 0.2) is 0 Å². The molecule has 0 aromatic rings. The first-order valence-corrected chi connectivity index (χ1v) is 13.2. The fraction of sp³-hybridized carbons (Fsp3) is 1.00. The highest BCUT2D eigenvalue weighted by Crippen LogP contribution is 2.56. The number of nitrogens with one attached hydrogen (secondary N) is 4. The second-order valence-electron chi connectivity index (χ2n) is 5.92. The molecular weight excluding hydrogens is 452 g/mol. The molecule has 0 bridgehead atoms. The van der Waals surface area contributed by atoms with Crippen molar-refractivity contribution in [1.82, 2.24) is 20.3 Å². The minimum absolute atomic E-state index is 0.186. The molecule has 0 saturated heterocycles. The molecule has 4 atom stereocenters. The summed E-state index contributed by atoms with van der Waals surface area (Å²) in [6, 6.07) is -1.42. The summed E-state index contributed by atoms with van der Waals surface area (Å²) in [6.45, 7) is 6.91. The monoisotopic (exact) mass is 478 g/mol. The van der Waals surface area contributed by atoms with Gasteiger partial charge in [-0.25, -0.2) is 24.7 Å². The molecule has 7 nitrogen and oxygen atoms in total. The van der Waals surface area contributed by atoms with Crippen LogP contribution in [0.4, 0.5) is 0 Å². The van der Waals surface area contributed by atoms with Crippen LogP contribution in [0.1, 0.15) is 27.7 Å². The Morgan fingerprint density at radius 3 is 1.00 bits per heavy atom. The van der Waals surface area contributed by atoms with E-state index >= 15 is 0 Å². The number of hydrogen-bond acceptors (Lipinski definition) is 3. The summed E-state index contributed by atoms with van der Waals surface area (Å²) in [5.74, 6) is 0.744. The van der Waals surface area contributed by atoms with Crippen LogP contribution in [0.3, 0.4) is 0 Å². The molecule has 0 saturated carbocycles. The molecule has 0 aliphatic rings. The van der Waals surface area contributed by atoms with Crippen LogP contribution >= 0.6 is 61.7 Å². The molecule has 0 amide bonds. The SMILES string of the molecule is CC(CCl)NP(=O)(NC(C)CCl)OP(=O)(NC(C)CCl)NC(C)CCl. The fourth-order valence-corrected chi connectivity index (χ4v) is 7.25. The van der Waals surface area contributed by atoms with E-state index in [1.165, 1.54) is 0 Å². The molecule has 4 N–H and O–H groups in total. The lowest BCUT2D eigenvalue weighted by Gasteiger charge is -2.32. The summed E-state index contributed by atoms with van der Waals surface area (Å²) in [7, 11) is -7.53. The zero-order valence-electron chi connectivity index (χ0n) is 14.8. The molecule has 0 spiro atoms. The summed E-state index contributed by atoms with van der Waals surface area (Å²) < 4.78 is 32.0. The normalized spacial score (nSPS) is 21.8. The lowest BCUT2D eigenvalue weighted by molar-refractivity contribution is 0.401. The Hall–Kier alpha value is 1.42. The maximum absolute atomic E-state index is 13.2. The zero-order valence-corrected chi connectivity index (χ0v) is 19.6. The first kappa shape index (κ1) is 26.4. The largest absolute Gasteiger partial charge is 0.348 e. The third-order valence-electron chi connectivity index (χ3n) is 2.72. The van der Waals surface area contributed by atoms with Gasteiger partial charge in [-0.1, -0.05) is 0 Å². The van der Waals surface area contributed by atoms with E-state index in [2.05, 4.69) is 20.3 Å². The molecule has 0 aliphatic heterocycles. The van der Waals surface area contributed by atoms with Gasteiger partial charge in [-0.05, 0) is 27.7 Å². The molecule has 0 heterocycles. The van der Waals surface area contributed by atoms with Crippen molar-refractivity contribution >= 4 is 61.7 Å². The number of rotatable bonds is 14. The van der Waals surface area contributed by atoms with Crippen molar-refractivity contribution in [1.29, 1.82) is 0 Å². The number of halogens is 4. The third-order valence-corrected chi connectivity index (χ3v) is 9.53. The smallest absolute Gasteiger partial charge is 0.256 e. The predicted octanol–water partition coefficient (Wildman–Crippen LogP) is 4.09. The van der Waals surface area contributed by atoms with Crippen LogP contribution in [0.2, 0.25) is 0 Å². The summed E-state index contributed by atoms with van der Waals surface area (Å²) in [5.41, 5.74) is 0. The van der Waals surface area contributed by atoms with Crippen molar-refractivity contribution in [3.63, 3.8) is 0 Å². The van der Waals surface area contributed by atoms with Crippen LogP contribution < -0.4 is 20.3 Å². The lowest BCUT2D eigenvalue weighted by Crippen LogP contribution is -2.40. The van der Waals surface area contributed by atoms with Gasteiger partial charge in [0.05, 0.1) is 0 Å². The van der Waals surface area contributed by atoms with Crippen molar-refractivity contribution in [2.75, 3.05) is 23.5 Å².